The number of rotatable bonds is 10. The summed E-state index contributed by atoms with van der Waals surface area (Å²) in [4.78, 5) is 11.0. The van der Waals surface area contributed by atoms with Gasteiger partial charge in [-0.05, 0) is 18.4 Å². The molecule has 0 spiro atoms. The zero-order valence-electron chi connectivity index (χ0n) is 10.8. The Hall–Kier alpha value is -1.43. The van der Waals surface area contributed by atoms with E-state index in [1.54, 1.807) is 0 Å². The second-order valence-electron chi connectivity index (χ2n) is 4.06. The molecule has 0 heterocycles. The van der Waals surface area contributed by atoms with E-state index in [-0.39, 0.29) is 26.4 Å². The van der Waals surface area contributed by atoms with Crippen LogP contribution in [0.1, 0.15) is 12.0 Å². The van der Waals surface area contributed by atoms with Gasteiger partial charge in [-0.1, -0.05) is 30.3 Å². The van der Waals surface area contributed by atoms with Gasteiger partial charge in [0.15, 0.2) is 6.10 Å². The Kier molecular flexibility index (Phi) is 7.81. The molecule has 0 aliphatic carbocycles. The van der Waals surface area contributed by atoms with Gasteiger partial charge in [-0.25, -0.2) is 4.79 Å². The van der Waals surface area contributed by atoms with Gasteiger partial charge in [0.05, 0.1) is 26.4 Å². The van der Waals surface area contributed by atoms with Crippen LogP contribution in [0.5, 0.6) is 0 Å². The van der Waals surface area contributed by atoms with Crippen LogP contribution in [0.25, 0.3) is 0 Å². The highest BCUT2D eigenvalue weighted by Crippen LogP contribution is 2.07. The van der Waals surface area contributed by atoms with Crippen LogP contribution in [0, 0.1) is 0 Å². The summed E-state index contributed by atoms with van der Waals surface area (Å²) in [5.74, 6) is -0.960. The highest BCUT2D eigenvalue weighted by Gasteiger charge is 2.17. The molecule has 0 aromatic heterocycles. The Morgan fingerprint density at radius 2 is 1.89 bits per heavy atom. The normalized spacial score (nSPS) is 12.3. The van der Waals surface area contributed by atoms with Crippen LogP contribution in [-0.4, -0.2) is 48.7 Å². The molecule has 2 N–H and O–H groups in total. The van der Waals surface area contributed by atoms with Crippen LogP contribution in [-0.2, 0) is 20.7 Å². The molecule has 5 nitrogen and oxygen atoms in total. The van der Waals surface area contributed by atoms with E-state index in [1.807, 2.05) is 30.3 Å². The Labute approximate surface area is 112 Å². The highest BCUT2D eigenvalue weighted by atomic mass is 16.5. The number of ether oxygens (including phenoxy) is 2. The van der Waals surface area contributed by atoms with Crippen LogP contribution >= 0.6 is 0 Å². The average Bonchev–Trinajstić information content (AvgIpc) is 2.42. The molecule has 0 aliphatic heterocycles. The van der Waals surface area contributed by atoms with Crippen LogP contribution in [0.2, 0.25) is 0 Å². The average molecular weight is 268 g/mol. The highest BCUT2D eigenvalue weighted by molar-refractivity contribution is 5.72. The third-order valence-corrected chi connectivity index (χ3v) is 2.60. The third kappa shape index (κ3) is 6.91. The summed E-state index contributed by atoms with van der Waals surface area (Å²) in [6, 6.07) is 9.70. The standard InChI is InChI=1S/C14H20O5/c15-8-9-18-10-11-19-13(14(16)17)7-6-12-4-2-1-3-5-12/h1-5,13,15H,6-11H2,(H,16,17). The van der Waals surface area contributed by atoms with Crippen molar-refractivity contribution in [2.24, 2.45) is 0 Å². The van der Waals surface area contributed by atoms with Gasteiger partial charge in [-0.15, -0.1) is 0 Å². The molecule has 1 aromatic rings. The molecule has 1 unspecified atom stereocenters. The number of aryl methyl sites for hydroxylation is 1. The molecule has 0 saturated carbocycles. The number of hydrogen-bond acceptors (Lipinski definition) is 4. The topological polar surface area (TPSA) is 76.0 Å². The van der Waals surface area contributed by atoms with Gasteiger partial charge in [0.25, 0.3) is 0 Å². The van der Waals surface area contributed by atoms with Crippen LogP contribution < -0.4 is 0 Å². The molecule has 19 heavy (non-hydrogen) atoms. The first-order valence-electron chi connectivity index (χ1n) is 6.31. The minimum absolute atomic E-state index is 0.0453. The zero-order valence-corrected chi connectivity index (χ0v) is 10.8. The largest absolute Gasteiger partial charge is 0.479 e. The SMILES string of the molecule is O=C(O)C(CCc1ccccc1)OCCOCCO. The molecule has 106 valence electrons. The van der Waals surface area contributed by atoms with E-state index < -0.39 is 12.1 Å². The van der Waals surface area contributed by atoms with E-state index in [0.29, 0.717) is 12.8 Å². The number of aliphatic carboxylic acids is 1. The number of aliphatic hydroxyl groups is 1. The summed E-state index contributed by atoms with van der Waals surface area (Å²) < 4.78 is 10.3. The monoisotopic (exact) mass is 268 g/mol. The maximum Gasteiger partial charge on any atom is 0.332 e. The van der Waals surface area contributed by atoms with Crippen molar-refractivity contribution in [1.29, 1.82) is 0 Å². The van der Waals surface area contributed by atoms with E-state index >= 15 is 0 Å². The molecule has 1 aromatic carbocycles. The van der Waals surface area contributed by atoms with E-state index in [4.69, 9.17) is 19.7 Å². The van der Waals surface area contributed by atoms with E-state index in [2.05, 4.69) is 0 Å². The van der Waals surface area contributed by atoms with E-state index in [9.17, 15) is 4.79 Å². The summed E-state index contributed by atoms with van der Waals surface area (Å²) in [6.45, 7) is 0.697. The number of carboxylic acid groups (broad SMARTS) is 1. The Morgan fingerprint density at radius 3 is 2.53 bits per heavy atom. The van der Waals surface area contributed by atoms with Crippen molar-refractivity contribution >= 4 is 5.97 Å². The predicted molar refractivity (Wildman–Crippen MR) is 70.0 cm³/mol. The number of aliphatic hydroxyl groups excluding tert-OH is 1. The van der Waals surface area contributed by atoms with Crippen molar-refractivity contribution in [2.75, 3.05) is 26.4 Å². The van der Waals surface area contributed by atoms with Gasteiger partial charge in [0.1, 0.15) is 0 Å². The van der Waals surface area contributed by atoms with Crippen LogP contribution in [0.4, 0.5) is 0 Å². The van der Waals surface area contributed by atoms with E-state index in [0.717, 1.165) is 5.56 Å². The Morgan fingerprint density at radius 1 is 1.16 bits per heavy atom. The second kappa shape index (κ2) is 9.49. The van der Waals surface area contributed by atoms with Crippen molar-refractivity contribution in [2.45, 2.75) is 18.9 Å². The minimum atomic E-state index is -0.960. The van der Waals surface area contributed by atoms with Gasteiger partial charge in [-0.2, -0.15) is 0 Å². The third-order valence-electron chi connectivity index (χ3n) is 2.60. The number of carbonyl (C=O) groups is 1. The minimum Gasteiger partial charge on any atom is -0.479 e. The maximum atomic E-state index is 11.0. The summed E-state index contributed by atoms with van der Waals surface area (Å²) in [5, 5.41) is 17.6. The lowest BCUT2D eigenvalue weighted by atomic mass is 10.1. The molecular formula is C14H20O5. The summed E-state index contributed by atoms with van der Waals surface area (Å²) >= 11 is 0. The fourth-order valence-electron chi connectivity index (χ4n) is 1.64. The van der Waals surface area contributed by atoms with Gasteiger partial charge < -0.3 is 19.7 Å². The number of hydrogen-bond donors (Lipinski definition) is 2. The molecule has 0 aliphatic rings. The first kappa shape index (κ1) is 15.6. The molecule has 5 heteroatoms. The smallest absolute Gasteiger partial charge is 0.332 e. The molecular weight excluding hydrogens is 248 g/mol. The zero-order chi connectivity index (χ0) is 13.9. The molecule has 1 atom stereocenters. The Bertz CT molecular complexity index is 352. The molecule has 0 fully saturated rings. The van der Waals surface area contributed by atoms with Crippen molar-refractivity contribution in [3.8, 4) is 0 Å². The first-order chi connectivity index (χ1) is 9.24. The first-order valence-corrected chi connectivity index (χ1v) is 6.31. The van der Waals surface area contributed by atoms with Gasteiger partial charge >= 0.3 is 5.97 Å². The quantitative estimate of drug-likeness (QED) is 0.621. The molecule has 0 saturated heterocycles. The fourth-order valence-corrected chi connectivity index (χ4v) is 1.64. The van der Waals surface area contributed by atoms with Crippen LogP contribution in [0.15, 0.2) is 30.3 Å². The summed E-state index contributed by atoms with van der Waals surface area (Å²) in [7, 11) is 0. The fraction of sp³-hybridized carbons (Fsp3) is 0.500. The number of carboxylic acids is 1. The van der Waals surface area contributed by atoms with Gasteiger partial charge in [-0.3, -0.25) is 0 Å². The summed E-state index contributed by atoms with van der Waals surface area (Å²) in [6.07, 6.45) is 0.271. The molecule has 1 rings (SSSR count). The van der Waals surface area contributed by atoms with Crippen molar-refractivity contribution in [1.82, 2.24) is 0 Å². The lowest BCUT2D eigenvalue weighted by Crippen LogP contribution is -2.26. The number of benzene rings is 1. The molecule has 0 amide bonds. The van der Waals surface area contributed by atoms with Crippen LogP contribution in [0.3, 0.4) is 0 Å². The molecule has 0 radical (unpaired) electrons. The predicted octanol–water partition coefficient (Wildman–Crippen LogP) is 1.10. The van der Waals surface area contributed by atoms with Gasteiger partial charge in [0.2, 0.25) is 0 Å². The van der Waals surface area contributed by atoms with Crippen molar-refractivity contribution in [3.63, 3.8) is 0 Å². The summed E-state index contributed by atoms with van der Waals surface area (Å²) in [5.41, 5.74) is 1.09. The van der Waals surface area contributed by atoms with Gasteiger partial charge in [0, 0.05) is 0 Å². The maximum absolute atomic E-state index is 11.0. The molecule has 0 bridgehead atoms. The second-order valence-corrected chi connectivity index (χ2v) is 4.06. The Balaban J connectivity index is 2.26. The lowest BCUT2D eigenvalue weighted by molar-refractivity contribution is -0.151. The lowest BCUT2D eigenvalue weighted by Gasteiger charge is -2.13. The van der Waals surface area contributed by atoms with E-state index in [1.165, 1.54) is 0 Å². The van der Waals surface area contributed by atoms with Crippen molar-refractivity contribution < 1.29 is 24.5 Å². The van der Waals surface area contributed by atoms with Crippen molar-refractivity contribution in [3.05, 3.63) is 35.9 Å².